The molecule has 0 saturated carbocycles. The van der Waals surface area contributed by atoms with Crippen LogP contribution in [0.1, 0.15) is 0 Å². The Balaban J connectivity index is 1.91. The summed E-state index contributed by atoms with van der Waals surface area (Å²) in [5.41, 5.74) is 0.119. The average molecular weight is 379 g/mol. The lowest BCUT2D eigenvalue weighted by Gasteiger charge is -2.08. The summed E-state index contributed by atoms with van der Waals surface area (Å²) in [7, 11) is -1.31. The van der Waals surface area contributed by atoms with Crippen LogP contribution in [-0.4, -0.2) is 42.4 Å². The maximum absolute atomic E-state index is 13.8. The van der Waals surface area contributed by atoms with Crippen LogP contribution in [0.15, 0.2) is 47.6 Å². The Hall–Kier alpha value is -3.21. The van der Waals surface area contributed by atoms with Gasteiger partial charge in [-0.15, -0.1) is 0 Å². The van der Waals surface area contributed by atoms with Crippen LogP contribution >= 0.6 is 0 Å². The van der Waals surface area contributed by atoms with Crippen molar-refractivity contribution in [2.75, 3.05) is 18.9 Å². The van der Waals surface area contributed by atoms with Crippen LogP contribution in [0.5, 0.6) is 11.8 Å². The number of ether oxygens (including phenoxy) is 2. The molecule has 0 saturated heterocycles. The molecule has 1 N–H and O–H groups in total. The van der Waals surface area contributed by atoms with Crippen LogP contribution in [0.3, 0.4) is 0 Å². The fourth-order valence-corrected chi connectivity index (χ4v) is 2.93. The summed E-state index contributed by atoms with van der Waals surface area (Å²) < 4.78 is 52.1. The van der Waals surface area contributed by atoms with E-state index in [0.29, 0.717) is 0 Å². The van der Waals surface area contributed by atoms with E-state index in [1.807, 2.05) is 0 Å². The maximum Gasteiger partial charge on any atom is 0.267 e. The van der Waals surface area contributed by atoms with E-state index in [4.69, 9.17) is 9.47 Å². The third-order valence-electron chi connectivity index (χ3n) is 3.29. The number of nitrogens with one attached hydrogen (secondary N) is 1. The van der Waals surface area contributed by atoms with E-state index in [2.05, 4.69) is 19.8 Å². The fourth-order valence-electron chi connectivity index (χ4n) is 2.05. The summed E-state index contributed by atoms with van der Waals surface area (Å²) in [4.78, 5) is 7.61. The van der Waals surface area contributed by atoms with Gasteiger partial charge in [0.05, 0.1) is 32.7 Å². The van der Waals surface area contributed by atoms with Crippen molar-refractivity contribution < 1.29 is 22.3 Å². The van der Waals surface area contributed by atoms with E-state index < -0.39 is 15.8 Å². The quantitative estimate of drug-likeness (QED) is 0.693. The predicted octanol–water partition coefficient (Wildman–Crippen LogP) is 1.62. The molecule has 136 valence electrons. The van der Waals surface area contributed by atoms with Crippen molar-refractivity contribution in [1.82, 2.24) is 19.7 Å². The molecular formula is C15H14FN5O4S. The smallest absolute Gasteiger partial charge is 0.267 e. The second kappa shape index (κ2) is 6.96. The number of benzene rings is 1. The molecule has 0 aliphatic carbocycles. The first-order valence-corrected chi connectivity index (χ1v) is 8.70. The van der Waals surface area contributed by atoms with Crippen molar-refractivity contribution in [3.8, 4) is 17.4 Å². The monoisotopic (exact) mass is 379 g/mol. The minimum absolute atomic E-state index is 0.119. The number of nitrogens with zero attached hydrogens (tertiary/aromatic N) is 4. The number of hydrogen-bond acceptors (Lipinski definition) is 7. The summed E-state index contributed by atoms with van der Waals surface area (Å²) in [6.45, 7) is 0. The molecule has 0 aliphatic rings. The summed E-state index contributed by atoms with van der Waals surface area (Å²) in [6.07, 6.45) is 2.27. The summed E-state index contributed by atoms with van der Waals surface area (Å²) in [5, 5.41) is 3.89. The van der Waals surface area contributed by atoms with Crippen molar-refractivity contribution in [3.63, 3.8) is 0 Å². The molecule has 0 radical (unpaired) electrons. The molecule has 0 fully saturated rings. The highest BCUT2D eigenvalue weighted by Gasteiger charge is 2.20. The Labute approximate surface area is 148 Å². The van der Waals surface area contributed by atoms with Crippen LogP contribution in [-0.2, 0) is 10.0 Å². The molecule has 1 aromatic carbocycles. The third-order valence-corrected chi connectivity index (χ3v) is 4.57. The van der Waals surface area contributed by atoms with E-state index in [1.54, 1.807) is 6.07 Å². The predicted molar refractivity (Wildman–Crippen MR) is 89.5 cm³/mol. The van der Waals surface area contributed by atoms with Crippen molar-refractivity contribution in [1.29, 1.82) is 0 Å². The van der Waals surface area contributed by atoms with E-state index in [0.717, 1.165) is 10.9 Å². The van der Waals surface area contributed by atoms with Gasteiger partial charge in [0.25, 0.3) is 10.0 Å². The van der Waals surface area contributed by atoms with Gasteiger partial charge in [-0.05, 0) is 12.1 Å². The van der Waals surface area contributed by atoms with Gasteiger partial charge in [-0.1, -0.05) is 12.1 Å². The largest absolute Gasteiger partial charge is 0.481 e. The molecule has 0 amide bonds. The lowest BCUT2D eigenvalue weighted by Crippen LogP contribution is -2.15. The molecule has 2 aromatic heterocycles. The van der Waals surface area contributed by atoms with Crippen molar-refractivity contribution in [3.05, 3.63) is 48.5 Å². The third kappa shape index (κ3) is 3.57. The molecule has 11 heteroatoms. The van der Waals surface area contributed by atoms with Gasteiger partial charge in [0, 0.05) is 0 Å². The molecule has 0 bridgehead atoms. The van der Waals surface area contributed by atoms with Crippen molar-refractivity contribution in [2.45, 2.75) is 4.90 Å². The van der Waals surface area contributed by atoms with Gasteiger partial charge < -0.3 is 9.47 Å². The first kappa shape index (κ1) is 17.6. The zero-order chi connectivity index (χ0) is 18.7. The van der Waals surface area contributed by atoms with Crippen molar-refractivity contribution >= 4 is 16.0 Å². The van der Waals surface area contributed by atoms with E-state index in [9.17, 15) is 12.8 Å². The van der Waals surface area contributed by atoms with E-state index in [1.165, 1.54) is 44.7 Å². The molecule has 0 aliphatic heterocycles. The van der Waals surface area contributed by atoms with Gasteiger partial charge >= 0.3 is 0 Å². The molecule has 0 atom stereocenters. The Morgan fingerprint density at radius 3 is 2.38 bits per heavy atom. The minimum Gasteiger partial charge on any atom is -0.481 e. The Morgan fingerprint density at radius 2 is 1.77 bits per heavy atom. The highest BCUT2D eigenvalue weighted by molar-refractivity contribution is 7.92. The zero-order valence-electron chi connectivity index (χ0n) is 13.7. The number of halogens is 1. The highest BCUT2D eigenvalue weighted by Crippen LogP contribution is 2.21. The molecular weight excluding hydrogens is 365 g/mol. The average Bonchev–Trinajstić information content (AvgIpc) is 3.12. The van der Waals surface area contributed by atoms with Gasteiger partial charge in [-0.25, -0.2) is 22.2 Å². The van der Waals surface area contributed by atoms with Crippen LogP contribution in [0.2, 0.25) is 0 Å². The molecule has 3 rings (SSSR count). The van der Waals surface area contributed by atoms with Crippen LogP contribution in [0.4, 0.5) is 10.3 Å². The topological polar surface area (TPSA) is 108 Å². The maximum atomic E-state index is 13.8. The first-order valence-electron chi connectivity index (χ1n) is 7.22. The van der Waals surface area contributed by atoms with Crippen molar-refractivity contribution in [2.24, 2.45) is 0 Å². The Morgan fingerprint density at radius 1 is 1.12 bits per heavy atom. The zero-order valence-corrected chi connectivity index (χ0v) is 14.6. The lowest BCUT2D eigenvalue weighted by molar-refractivity contribution is 0.373. The Bertz CT molecular complexity index is 1020. The van der Waals surface area contributed by atoms with Gasteiger partial charge in [0.2, 0.25) is 17.7 Å². The molecule has 26 heavy (non-hydrogen) atoms. The second-order valence-corrected chi connectivity index (χ2v) is 6.64. The molecule has 3 aromatic rings. The molecule has 9 nitrogen and oxygen atoms in total. The van der Waals surface area contributed by atoms with Gasteiger partial charge in [-0.3, -0.25) is 0 Å². The number of hydrogen-bond donors (Lipinski definition) is 1. The standard InChI is InChI=1S/C15H14FN5O4S/c1-24-13-7-14(25-2)19-15(18-13)20-26(22,23)10-8-17-21(9-10)12-6-4-3-5-11(12)16/h3-9H,1-2H3,(H,18,19,20). The number of methoxy groups -OCH3 is 2. The van der Waals surface area contributed by atoms with Gasteiger partial charge in [0.1, 0.15) is 16.4 Å². The number of para-hydroxylation sites is 1. The minimum atomic E-state index is -4.06. The highest BCUT2D eigenvalue weighted by atomic mass is 32.2. The van der Waals surface area contributed by atoms with Crippen LogP contribution in [0.25, 0.3) is 5.69 Å². The summed E-state index contributed by atoms with van der Waals surface area (Å²) in [5.74, 6) is -0.526. The van der Waals surface area contributed by atoms with Gasteiger partial charge in [-0.2, -0.15) is 15.1 Å². The lowest BCUT2D eigenvalue weighted by atomic mass is 10.3. The number of aromatic nitrogens is 4. The normalized spacial score (nSPS) is 11.2. The Kier molecular flexibility index (Phi) is 4.71. The number of sulfonamides is 1. The van der Waals surface area contributed by atoms with E-state index in [-0.39, 0.29) is 28.3 Å². The second-order valence-electron chi connectivity index (χ2n) is 4.95. The SMILES string of the molecule is COc1cc(OC)nc(NS(=O)(=O)c2cnn(-c3ccccc3F)c2)n1. The number of rotatable bonds is 6. The molecule has 2 heterocycles. The fraction of sp³-hybridized carbons (Fsp3) is 0.133. The molecule has 0 spiro atoms. The first-order chi connectivity index (χ1) is 12.4. The van der Waals surface area contributed by atoms with Gasteiger partial charge in [0.15, 0.2) is 0 Å². The number of anilines is 1. The van der Waals surface area contributed by atoms with E-state index >= 15 is 0 Å². The summed E-state index contributed by atoms with van der Waals surface area (Å²) in [6, 6.07) is 7.26. The summed E-state index contributed by atoms with van der Waals surface area (Å²) >= 11 is 0. The molecule has 0 unspecified atom stereocenters. The van der Waals surface area contributed by atoms with Crippen LogP contribution in [0, 0.1) is 5.82 Å². The van der Waals surface area contributed by atoms with Crippen LogP contribution < -0.4 is 14.2 Å².